The number of rotatable bonds is 5. The summed E-state index contributed by atoms with van der Waals surface area (Å²) in [5, 5.41) is 0. The quantitative estimate of drug-likeness (QED) is 0.772. The molecule has 2 aromatic rings. The first-order valence-corrected chi connectivity index (χ1v) is 6.01. The molecule has 0 bridgehead atoms. The third-order valence-electron chi connectivity index (χ3n) is 2.64. The Balaban J connectivity index is 1.91. The zero-order valence-electron chi connectivity index (χ0n) is 10.7. The van der Waals surface area contributed by atoms with Crippen molar-refractivity contribution in [2.75, 3.05) is 13.7 Å². The van der Waals surface area contributed by atoms with Gasteiger partial charge in [-0.3, -0.25) is 4.98 Å². The number of carbonyl (C=O) groups excluding carboxylic acids is 1. The van der Waals surface area contributed by atoms with Crippen molar-refractivity contribution < 1.29 is 14.3 Å². The Morgan fingerprint density at radius 2 is 1.95 bits per heavy atom. The van der Waals surface area contributed by atoms with Crippen molar-refractivity contribution in [3.05, 3.63) is 59.9 Å². The number of pyridine rings is 1. The minimum Gasteiger partial charge on any atom is -0.496 e. The van der Waals surface area contributed by atoms with Gasteiger partial charge in [-0.25, -0.2) is 4.79 Å². The molecule has 0 spiro atoms. The molecule has 0 amide bonds. The van der Waals surface area contributed by atoms with Crippen LogP contribution in [0.3, 0.4) is 0 Å². The summed E-state index contributed by atoms with van der Waals surface area (Å²) in [6, 6.07) is 12.7. The van der Waals surface area contributed by atoms with Crippen LogP contribution in [0.4, 0.5) is 0 Å². The fourth-order valence-electron chi connectivity index (χ4n) is 1.69. The highest BCUT2D eigenvalue weighted by atomic mass is 16.5. The van der Waals surface area contributed by atoms with Gasteiger partial charge in [0.1, 0.15) is 11.3 Å². The molecule has 0 aliphatic carbocycles. The second-order valence-corrected chi connectivity index (χ2v) is 3.91. The van der Waals surface area contributed by atoms with E-state index in [0.717, 1.165) is 5.69 Å². The lowest BCUT2D eigenvalue weighted by atomic mass is 10.2. The van der Waals surface area contributed by atoms with Gasteiger partial charge >= 0.3 is 5.97 Å². The average Bonchev–Trinajstić information content (AvgIpc) is 2.48. The van der Waals surface area contributed by atoms with Crippen molar-refractivity contribution in [1.29, 1.82) is 0 Å². The van der Waals surface area contributed by atoms with Crippen LogP contribution < -0.4 is 4.74 Å². The maximum absolute atomic E-state index is 11.9. The molecule has 1 heterocycles. The van der Waals surface area contributed by atoms with Crippen LogP contribution in [0.5, 0.6) is 5.75 Å². The summed E-state index contributed by atoms with van der Waals surface area (Å²) >= 11 is 0. The largest absolute Gasteiger partial charge is 0.496 e. The number of aromatic nitrogens is 1. The summed E-state index contributed by atoms with van der Waals surface area (Å²) in [6.45, 7) is 0.299. The van der Waals surface area contributed by atoms with Gasteiger partial charge in [0.25, 0.3) is 0 Å². The number of hydrogen-bond donors (Lipinski definition) is 0. The molecule has 0 saturated carbocycles. The predicted octanol–water partition coefficient (Wildman–Crippen LogP) is 2.49. The minimum atomic E-state index is -0.381. The SMILES string of the molecule is COc1ccccc1C(=O)OCCc1ccccn1. The van der Waals surface area contributed by atoms with Gasteiger partial charge in [0.2, 0.25) is 0 Å². The van der Waals surface area contributed by atoms with E-state index in [4.69, 9.17) is 9.47 Å². The summed E-state index contributed by atoms with van der Waals surface area (Å²) in [6.07, 6.45) is 2.32. The summed E-state index contributed by atoms with van der Waals surface area (Å²) < 4.78 is 10.3. The number of methoxy groups -OCH3 is 1. The van der Waals surface area contributed by atoms with Crippen LogP contribution in [0.1, 0.15) is 16.1 Å². The standard InChI is InChI=1S/C15H15NO3/c1-18-14-8-3-2-7-13(14)15(17)19-11-9-12-6-4-5-10-16-12/h2-8,10H,9,11H2,1H3. The lowest BCUT2D eigenvalue weighted by Crippen LogP contribution is -2.10. The third kappa shape index (κ3) is 3.55. The number of esters is 1. The molecule has 1 aromatic heterocycles. The van der Waals surface area contributed by atoms with Gasteiger partial charge in [-0.2, -0.15) is 0 Å². The van der Waals surface area contributed by atoms with E-state index in [9.17, 15) is 4.79 Å². The van der Waals surface area contributed by atoms with Crippen molar-refractivity contribution in [2.24, 2.45) is 0 Å². The molecule has 4 heteroatoms. The lowest BCUT2D eigenvalue weighted by molar-refractivity contribution is 0.0505. The first kappa shape index (κ1) is 13.1. The highest BCUT2D eigenvalue weighted by Crippen LogP contribution is 2.18. The third-order valence-corrected chi connectivity index (χ3v) is 2.64. The Bertz CT molecular complexity index is 540. The first-order chi connectivity index (χ1) is 9.31. The van der Waals surface area contributed by atoms with Crippen LogP contribution in [-0.4, -0.2) is 24.7 Å². The highest BCUT2D eigenvalue weighted by Gasteiger charge is 2.12. The monoisotopic (exact) mass is 257 g/mol. The van der Waals surface area contributed by atoms with E-state index in [-0.39, 0.29) is 5.97 Å². The van der Waals surface area contributed by atoms with E-state index in [1.165, 1.54) is 7.11 Å². The number of hydrogen-bond acceptors (Lipinski definition) is 4. The lowest BCUT2D eigenvalue weighted by Gasteiger charge is -2.08. The molecule has 0 radical (unpaired) electrons. The molecule has 0 saturated heterocycles. The Kier molecular flexibility index (Phi) is 4.50. The van der Waals surface area contributed by atoms with Gasteiger partial charge in [-0.15, -0.1) is 0 Å². The van der Waals surface area contributed by atoms with Crippen molar-refractivity contribution in [3.8, 4) is 5.75 Å². The van der Waals surface area contributed by atoms with Crippen molar-refractivity contribution in [3.63, 3.8) is 0 Å². The zero-order valence-corrected chi connectivity index (χ0v) is 10.7. The summed E-state index contributed by atoms with van der Waals surface area (Å²) in [5.41, 5.74) is 1.33. The van der Waals surface area contributed by atoms with Crippen LogP contribution in [0.25, 0.3) is 0 Å². The fourth-order valence-corrected chi connectivity index (χ4v) is 1.69. The normalized spacial score (nSPS) is 9.95. The second kappa shape index (κ2) is 6.54. The molecule has 4 nitrogen and oxygen atoms in total. The molecule has 0 aliphatic rings. The molecule has 0 atom stereocenters. The molecule has 0 fully saturated rings. The van der Waals surface area contributed by atoms with Crippen molar-refractivity contribution in [2.45, 2.75) is 6.42 Å². The molecule has 1 aromatic carbocycles. The number of para-hydroxylation sites is 1. The number of benzene rings is 1. The maximum atomic E-state index is 11.9. The Morgan fingerprint density at radius 1 is 1.16 bits per heavy atom. The van der Waals surface area contributed by atoms with Gasteiger partial charge < -0.3 is 9.47 Å². The Morgan fingerprint density at radius 3 is 2.68 bits per heavy atom. The fraction of sp³-hybridized carbons (Fsp3) is 0.200. The number of ether oxygens (including phenoxy) is 2. The predicted molar refractivity (Wildman–Crippen MR) is 71.2 cm³/mol. The number of carbonyl (C=O) groups is 1. The minimum absolute atomic E-state index is 0.299. The van der Waals surface area contributed by atoms with Gasteiger partial charge in [-0.05, 0) is 24.3 Å². The van der Waals surface area contributed by atoms with Gasteiger partial charge in [-0.1, -0.05) is 18.2 Å². The zero-order chi connectivity index (χ0) is 13.5. The van der Waals surface area contributed by atoms with Crippen molar-refractivity contribution >= 4 is 5.97 Å². The van der Waals surface area contributed by atoms with Crippen LogP contribution in [0.2, 0.25) is 0 Å². The van der Waals surface area contributed by atoms with Crippen LogP contribution in [0, 0.1) is 0 Å². The van der Waals surface area contributed by atoms with E-state index in [0.29, 0.717) is 24.3 Å². The topological polar surface area (TPSA) is 48.4 Å². The van der Waals surface area contributed by atoms with E-state index in [1.807, 2.05) is 24.3 Å². The van der Waals surface area contributed by atoms with E-state index in [1.54, 1.807) is 24.4 Å². The van der Waals surface area contributed by atoms with Crippen molar-refractivity contribution in [1.82, 2.24) is 4.98 Å². The maximum Gasteiger partial charge on any atom is 0.341 e. The average molecular weight is 257 g/mol. The first-order valence-electron chi connectivity index (χ1n) is 6.01. The second-order valence-electron chi connectivity index (χ2n) is 3.91. The van der Waals surface area contributed by atoms with Gasteiger partial charge in [0, 0.05) is 18.3 Å². The molecule has 0 unspecified atom stereocenters. The van der Waals surface area contributed by atoms with Crippen LogP contribution in [0.15, 0.2) is 48.7 Å². The molecule has 19 heavy (non-hydrogen) atoms. The number of nitrogens with zero attached hydrogens (tertiary/aromatic N) is 1. The van der Waals surface area contributed by atoms with Crippen LogP contribution >= 0.6 is 0 Å². The molecule has 0 N–H and O–H groups in total. The smallest absolute Gasteiger partial charge is 0.341 e. The van der Waals surface area contributed by atoms with E-state index < -0.39 is 0 Å². The molecule has 98 valence electrons. The Labute approximate surface area is 112 Å². The highest BCUT2D eigenvalue weighted by molar-refractivity contribution is 5.92. The molecule has 2 rings (SSSR count). The molecular formula is C15H15NO3. The van der Waals surface area contributed by atoms with E-state index in [2.05, 4.69) is 4.98 Å². The summed E-state index contributed by atoms with van der Waals surface area (Å²) in [5.74, 6) is 0.138. The summed E-state index contributed by atoms with van der Waals surface area (Å²) in [7, 11) is 1.53. The van der Waals surface area contributed by atoms with Crippen LogP contribution in [-0.2, 0) is 11.2 Å². The summed E-state index contributed by atoms with van der Waals surface area (Å²) in [4.78, 5) is 16.1. The van der Waals surface area contributed by atoms with Gasteiger partial charge in [0.05, 0.1) is 13.7 Å². The molecule has 0 aliphatic heterocycles. The Hall–Kier alpha value is -2.36. The molecular weight excluding hydrogens is 242 g/mol. The van der Waals surface area contributed by atoms with E-state index >= 15 is 0 Å². The van der Waals surface area contributed by atoms with Gasteiger partial charge in [0.15, 0.2) is 0 Å².